The Balaban J connectivity index is 2.18. The van der Waals surface area contributed by atoms with Crippen LogP contribution in [0.1, 0.15) is 30.4 Å². The van der Waals surface area contributed by atoms with E-state index < -0.39 is 6.43 Å². The Labute approximate surface area is 106 Å². The number of nitrogens with one attached hydrogen (secondary N) is 1. The van der Waals surface area contributed by atoms with Gasteiger partial charge in [0.05, 0.1) is 12.7 Å². The molecule has 1 N–H and O–H groups in total. The van der Waals surface area contributed by atoms with E-state index in [9.17, 15) is 8.78 Å². The maximum atomic E-state index is 12.9. The van der Waals surface area contributed by atoms with Gasteiger partial charge in [-0.25, -0.2) is 8.78 Å². The fourth-order valence-corrected chi connectivity index (χ4v) is 2.58. The van der Waals surface area contributed by atoms with Crippen molar-refractivity contribution in [3.8, 4) is 5.75 Å². The Kier molecular flexibility index (Phi) is 4.53. The number of hydrogen-bond acceptors (Lipinski definition) is 2. The molecule has 2 nitrogen and oxygen atoms in total. The van der Waals surface area contributed by atoms with Crippen molar-refractivity contribution in [1.29, 1.82) is 0 Å². The summed E-state index contributed by atoms with van der Waals surface area (Å²) in [6.07, 6.45) is 0.545. The van der Waals surface area contributed by atoms with Crippen LogP contribution in [0.5, 0.6) is 5.75 Å². The molecule has 0 aromatic heterocycles. The van der Waals surface area contributed by atoms with Crippen LogP contribution < -0.4 is 10.1 Å². The van der Waals surface area contributed by atoms with Crippen LogP contribution in [0.3, 0.4) is 0 Å². The van der Waals surface area contributed by atoms with Gasteiger partial charge in [-0.1, -0.05) is 12.1 Å². The van der Waals surface area contributed by atoms with Crippen LogP contribution in [0.25, 0.3) is 0 Å². The second kappa shape index (κ2) is 6.14. The molecule has 4 heteroatoms. The molecule has 0 atom stereocenters. The first kappa shape index (κ1) is 13.3. The first-order valence-corrected chi connectivity index (χ1v) is 6.37. The molecule has 0 bridgehead atoms. The summed E-state index contributed by atoms with van der Waals surface area (Å²) in [6, 6.07) is 5.03. The topological polar surface area (TPSA) is 21.3 Å². The zero-order valence-electron chi connectivity index (χ0n) is 10.6. The Morgan fingerprint density at radius 1 is 1.33 bits per heavy atom. The molecular formula is C14H19F2NO. The normalized spacial score (nSPS) is 17.1. The molecule has 0 saturated carbocycles. The van der Waals surface area contributed by atoms with Gasteiger partial charge in [-0.15, -0.1) is 0 Å². The van der Waals surface area contributed by atoms with Crippen LogP contribution in [0.2, 0.25) is 0 Å². The van der Waals surface area contributed by atoms with Crippen molar-refractivity contribution < 1.29 is 13.5 Å². The first-order valence-electron chi connectivity index (χ1n) is 6.37. The van der Waals surface area contributed by atoms with Crippen molar-refractivity contribution in [2.24, 2.45) is 5.92 Å². The van der Waals surface area contributed by atoms with Crippen LogP contribution in [-0.4, -0.2) is 20.2 Å². The molecule has 1 aromatic rings. The fraction of sp³-hybridized carbons (Fsp3) is 0.571. The van der Waals surface area contributed by atoms with Gasteiger partial charge in [0.25, 0.3) is 6.43 Å². The van der Waals surface area contributed by atoms with Crippen molar-refractivity contribution in [1.82, 2.24) is 5.32 Å². The minimum atomic E-state index is -2.48. The monoisotopic (exact) mass is 255 g/mol. The maximum Gasteiger partial charge on any atom is 0.267 e. The third-order valence-corrected chi connectivity index (χ3v) is 3.53. The number of halogens is 2. The van der Waals surface area contributed by atoms with Crippen molar-refractivity contribution in [3.63, 3.8) is 0 Å². The van der Waals surface area contributed by atoms with Crippen molar-refractivity contribution in [2.45, 2.75) is 25.7 Å². The van der Waals surface area contributed by atoms with E-state index in [0.29, 0.717) is 11.7 Å². The third kappa shape index (κ3) is 2.99. The number of para-hydroxylation sites is 1. The van der Waals surface area contributed by atoms with E-state index in [-0.39, 0.29) is 5.56 Å². The van der Waals surface area contributed by atoms with Crippen LogP contribution in [0, 0.1) is 5.92 Å². The molecule has 100 valence electrons. The SMILES string of the molecule is COc1c(CC2CCNCC2)cccc1C(F)F. The summed E-state index contributed by atoms with van der Waals surface area (Å²) in [7, 11) is 1.47. The second-order valence-electron chi connectivity index (χ2n) is 4.74. The van der Waals surface area contributed by atoms with Gasteiger partial charge in [0.1, 0.15) is 5.75 Å². The Morgan fingerprint density at radius 3 is 2.67 bits per heavy atom. The lowest BCUT2D eigenvalue weighted by atomic mass is 9.90. The van der Waals surface area contributed by atoms with Gasteiger partial charge in [-0.3, -0.25) is 0 Å². The lowest BCUT2D eigenvalue weighted by Crippen LogP contribution is -2.28. The maximum absolute atomic E-state index is 12.9. The lowest BCUT2D eigenvalue weighted by molar-refractivity contribution is 0.146. The minimum absolute atomic E-state index is 0.00364. The number of ether oxygens (including phenoxy) is 1. The summed E-state index contributed by atoms with van der Waals surface area (Å²) in [5.41, 5.74) is 0.908. The van der Waals surface area contributed by atoms with E-state index in [1.165, 1.54) is 13.2 Å². The average Bonchev–Trinajstić information content (AvgIpc) is 2.39. The number of rotatable bonds is 4. The van der Waals surface area contributed by atoms with E-state index in [0.717, 1.165) is 37.9 Å². The number of benzene rings is 1. The molecule has 1 heterocycles. The highest BCUT2D eigenvalue weighted by molar-refractivity contribution is 5.42. The molecule has 0 radical (unpaired) electrons. The van der Waals surface area contributed by atoms with Crippen LogP contribution >= 0.6 is 0 Å². The predicted molar refractivity (Wildman–Crippen MR) is 67.2 cm³/mol. The van der Waals surface area contributed by atoms with E-state index >= 15 is 0 Å². The smallest absolute Gasteiger partial charge is 0.267 e. The Bertz CT molecular complexity index is 389. The minimum Gasteiger partial charge on any atom is -0.496 e. The molecule has 0 spiro atoms. The van der Waals surface area contributed by atoms with E-state index in [4.69, 9.17) is 4.74 Å². The van der Waals surface area contributed by atoms with Gasteiger partial charge in [-0.2, -0.15) is 0 Å². The molecule has 0 unspecified atom stereocenters. The van der Waals surface area contributed by atoms with Crippen molar-refractivity contribution >= 4 is 0 Å². The summed E-state index contributed by atoms with van der Waals surface area (Å²) in [4.78, 5) is 0. The van der Waals surface area contributed by atoms with Gasteiger partial charge in [0.2, 0.25) is 0 Å². The van der Waals surface area contributed by atoms with Crippen LogP contribution in [0.4, 0.5) is 8.78 Å². The molecule has 0 amide bonds. The second-order valence-corrected chi connectivity index (χ2v) is 4.74. The van der Waals surface area contributed by atoms with Gasteiger partial charge >= 0.3 is 0 Å². The number of methoxy groups -OCH3 is 1. The number of hydrogen-bond donors (Lipinski definition) is 1. The zero-order chi connectivity index (χ0) is 13.0. The van der Waals surface area contributed by atoms with Crippen LogP contribution in [-0.2, 0) is 6.42 Å². The quantitative estimate of drug-likeness (QED) is 0.892. The lowest BCUT2D eigenvalue weighted by Gasteiger charge is -2.24. The standard InChI is InChI=1S/C14H19F2NO/c1-18-13-11(3-2-4-12(13)14(15)16)9-10-5-7-17-8-6-10/h2-4,10,14,17H,5-9H2,1H3. The molecule has 18 heavy (non-hydrogen) atoms. The Hall–Kier alpha value is -1.16. The highest BCUT2D eigenvalue weighted by Gasteiger charge is 2.20. The van der Waals surface area contributed by atoms with Crippen molar-refractivity contribution in [2.75, 3.05) is 20.2 Å². The molecule has 1 aromatic carbocycles. The van der Waals surface area contributed by atoms with E-state index in [1.807, 2.05) is 6.07 Å². The third-order valence-electron chi connectivity index (χ3n) is 3.53. The van der Waals surface area contributed by atoms with Gasteiger partial charge in [0.15, 0.2) is 0 Å². The Morgan fingerprint density at radius 2 is 2.06 bits per heavy atom. The summed E-state index contributed by atoms with van der Waals surface area (Å²) >= 11 is 0. The van der Waals surface area contributed by atoms with Gasteiger partial charge < -0.3 is 10.1 Å². The number of piperidine rings is 1. The van der Waals surface area contributed by atoms with E-state index in [1.54, 1.807) is 6.07 Å². The summed E-state index contributed by atoms with van der Waals surface area (Å²) in [5.74, 6) is 0.930. The average molecular weight is 255 g/mol. The summed E-state index contributed by atoms with van der Waals surface area (Å²) in [5, 5.41) is 3.31. The van der Waals surface area contributed by atoms with Crippen molar-refractivity contribution in [3.05, 3.63) is 29.3 Å². The first-order chi connectivity index (χ1) is 8.72. The van der Waals surface area contributed by atoms with Crippen LogP contribution in [0.15, 0.2) is 18.2 Å². The zero-order valence-corrected chi connectivity index (χ0v) is 10.6. The number of alkyl halides is 2. The van der Waals surface area contributed by atoms with Gasteiger partial charge in [0, 0.05) is 0 Å². The summed E-state index contributed by atoms with van der Waals surface area (Å²) in [6.45, 7) is 2.03. The molecule has 1 aliphatic rings. The molecule has 1 saturated heterocycles. The van der Waals surface area contributed by atoms with E-state index in [2.05, 4.69) is 5.32 Å². The predicted octanol–water partition coefficient (Wildman–Crippen LogP) is 3.17. The molecule has 1 fully saturated rings. The largest absolute Gasteiger partial charge is 0.496 e. The molecule has 1 aliphatic heterocycles. The summed E-state index contributed by atoms with van der Waals surface area (Å²) < 4.78 is 30.9. The molecule has 0 aliphatic carbocycles. The van der Waals surface area contributed by atoms with Gasteiger partial charge in [-0.05, 0) is 49.9 Å². The molecule has 2 rings (SSSR count). The fourth-order valence-electron chi connectivity index (χ4n) is 2.58. The highest BCUT2D eigenvalue weighted by atomic mass is 19.3. The molecular weight excluding hydrogens is 236 g/mol. The highest BCUT2D eigenvalue weighted by Crippen LogP contribution is 2.34.